The molecule has 0 aliphatic heterocycles. The quantitative estimate of drug-likeness (QED) is 0.824. The molecule has 0 spiro atoms. The second-order valence-corrected chi connectivity index (χ2v) is 7.11. The third-order valence-corrected chi connectivity index (χ3v) is 4.91. The van der Waals surface area contributed by atoms with Crippen LogP contribution in [0, 0.1) is 5.92 Å². The Hall–Kier alpha value is -0.920. The van der Waals surface area contributed by atoms with Crippen LogP contribution < -0.4 is 4.72 Å². The van der Waals surface area contributed by atoms with Crippen LogP contribution in [-0.2, 0) is 14.8 Å². The highest BCUT2D eigenvalue weighted by Gasteiger charge is 2.27. The number of sulfonamides is 1. The zero-order valence-corrected chi connectivity index (χ0v) is 13.0. The molecule has 106 valence electrons. The first kappa shape index (κ1) is 16.1. The summed E-state index contributed by atoms with van der Waals surface area (Å²) in [7, 11) is -3.86. The summed E-state index contributed by atoms with van der Waals surface area (Å²) >= 11 is 3.14. The minimum absolute atomic E-state index is 0.0324. The Bertz CT molecular complexity index is 557. The van der Waals surface area contributed by atoms with Gasteiger partial charge >= 0.3 is 5.97 Å². The van der Waals surface area contributed by atoms with Gasteiger partial charge in [-0.15, -0.1) is 0 Å². The van der Waals surface area contributed by atoms with Gasteiger partial charge in [0.15, 0.2) is 0 Å². The van der Waals surface area contributed by atoms with Gasteiger partial charge in [-0.1, -0.05) is 26.0 Å². The van der Waals surface area contributed by atoms with E-state index in [0.29, 0.717) is 4.47 Å². The van der Waals surface area contributed by atoms with Gasteiger partial charge < -0.3 is 5.11 Å². The van der Waals surface area contributed by atoms with Crippen molar-refractivity contribution in [2.24, 2.45) is 5.92 Å². The van der Waals surface area contributed by atoms with Crippen LogP contribution in [0.3, 0.4) is 0 Å². The molecule has 1 atom stereocenters. The second kappa shape index (κ2) is 6.49. The maximum Gasteiger partial charge on any atom is 0.321 e. The number of carboxylic acid groups (broad SMARTS) is 1. The Kier molecular flexibility index (Phi) is 5.51. The number of carbonyl (C=O) groups is 1. The van der Waals surface area contributed by atoms with Gasteiger partial charge in [0.1, 0.15) is 6.04 Å². The SMILES string of the molecule is CC(C)C[C@@H](NS(=O)(=O)c1ccccc1Br)C(=O)O. The Morgan fingerprint density at radius 3 is 2.42 bits per heavy atom. The molecule has 1 rings (SSSR count). The molecule has 0 aliphatic carbocycles. The molecule has 0 aliphatic rings. The van der Waals surface area contributed by atoms with Crippen molar-refractivity contribution in [1.82, 2.24) is 4.72 Å². The summed E-state index contributed by atoms with van der Waals surface area (Å²) in [6.45, 7) is 3.67. The summed E-state index contributed by atoms with van der Waals surface area (Å²) in [4.78, 5) is 11.1. The van der Waals surface area contributed by atoms with E-state index in [1.54, 1.807) is 18.2 Å². The van der Waals surface area contributed by atoms with E-state index >= 15 is 0 Å². The van der Waals surface area contributed by atoms with Gasteiger partial charge in [-0.05, 0) is 40.4 Å². The molecule has 0 fully saturated rings. The summed E-state index contributed by atoms with van der Waals surface area (Å²) in [5.74, 6) is -1.10. The molecule has 19 heavy (non-hydrogen) atoms. The molecular weight excluding hydrogens is 334 g/mol. The highest BCUT2D eigenvalue weighted by Crippen LogP contribution is 2.21. The molecule has 0 saturated carbocycles. The number of benzene rings is 1. The van der Waals surface area contributed by atoms with Crippen LogP contribution in [0.25, 0.3) is 0 Å². The molecule has 1 aromatic rings. The summed E-state index contributed by atoms with van der Waals surface area (Å²) in [6, 6.07) is 5.15. The zero-order chi connectivity index (χ0) is 14.6. The van der Waals surface area contributed by atoms with Crippen molar-refractivity contribution in [3.63, 3.8) is 0 Å². The Morgan fingerprint density at radius 2 is 1.95 bits per heavy atom. The molecular formula is C12H16BrNO4S. The standard InChI is InChI=1S/C12H16BrNO4S/c1-8(2)7-10(12(15)16)14-19(17,18)11-6-4-3-5-9(11)13/h3-6,8,10,14H,7H2,1-2H3,(H,15,16)/t10-/m1/s1. The lowest BCUT2D eigenvalue weighted by Crippen LogP contribution is -2.41. The van der Waals surface area contributed by atoms with Crippen molar-refractivity contribution in [1.29, 1.82) is 0 Å². The van der Waals surface area contributed by atoms with Crippen molar-refractivity contribution in [2.75, 3.05) is 0 Å². The van der Waals surface area contributed by atoms with Crippen molar-refractivity contribution < 1.29 is 18.3 Å². The topological polar surface area (TPSA) is 83.5 Å². The Labute approximate surface area is 121 Å². The number of halogens is 1. The minimum atomic E-state index is -3.86. The third-order valence-electron chi connectivity index (χ3n) is 2.43. The average Bonchev–Trinajstić information content (AvgIpc) is 2.27. The smallest absolute Gasteiger partial charge is 0.321 e. The van der Waals surface area contributed by atoms with E-state index in [9.17, 15) is 13.2 Å². The number of carboxylic acids is 1. The Morgan fingerprint density at radius 1 is 1.37 bits per heavy atom. The lowest BCUT2D eigenvalue weighted by Gasteiger charge is -2.17. The highest BCUT2D eigenvalue weighted by atomic mass is 79.9. The number of aliphatic carboxylic acids is 1. The molecule has 0 unspecified atom stereocenters. The van der Waals surface area contributed by atoms with Crippen molar-refractivity contribution in [3.8, 4) is 0 Å². The lowest BCUT2D eigenvalue weighted by molar-refractivity contribution is -0.139. The minimum Gasteiger partial charge on any atom is -0.480 e. The molecule has 0 heterocycles. The van der Waals surface area contributed by atoms with E-state index in [1.165, 1.54) is 6.07 Å². The van der Waals surface area contributed by atoms with Gasteiger partial charge in [-0.2, -0.15) is 4.72 Å². The third kappa shape index (κ3) is 4.59. The van der Waals surface area contributed by atoms with Crippen molar-refractivity contribution in [2.45, 2.75) is 31.2 Å². The van der Waals surface area contributed by atoms with Gasteiger partial charge in [0.2, 0.25) is 10.0 Å². The van der Waals surface area contributed by atoms with Crippen LogP contribution in [0.5, 0.6) is 0 Å². The molecule has 0 aromatic heterocycles. The van der Waals surface area contributed by atoms with Gasteiger partial charge in [0.05, 0.1) is 4.90 Å². The molecule has 7 heteroatoms. The molecule has 0 radical (unpaired) electrons. The van der Waals surface area contributed by atoms with Gasteiger partial charge in [0, 0.05) is 4.47 Å². The van der Waals surface area contributed by atoms with E-state index in [1.807, 2.05) is 13.8 Å². The fourth-order valence-corrected chi connectivity index (χ4v) is 3.79. The number of nitrogens with one attached hydrogen (secondary N) is 1. The van der Waals surface area contributed by atoms with Crippen molar-refractivity contribution in [3.05, 3.63) is 28.7 Å². The summed E-state index contributed by atoms with van der Waals surface area (Å²) in [5, 5.41) is 9.06. The van der Waals surface area contributed by atoms with Crippen LogP contribution in [-0.4, -0.2) is 25.5 Å². The fourth-order valence-electron chi connectivity index (χ4n) is 1.58. The summed E-state index contributed by atoms with van der Waals surface area (Å²) in [5.41, 5.74) is 0. The lowest BCUT2D eigenvalue weighted by atomic mass is 10.1. The van der Waals surface area contributed by atoms with Gasteiger partial charge in [-0.25, -0.2) is 8.42 Å². The van der Waals surface area contributed by atoms with Gasteiger partial charge in [0.25, 0.3) is 0 Å². The predicted octanol–water partition coefficient (Wildman–Crippen LogP) is 2.23. The van der Waals surface area contributed by atoms with E-state index < -0.39 is 22.0 Å². The number of hydrogen-bond donors (Lipinski definition) is 2. The largest absolute Gasteiger partial charge is 0.480 e. The average molecular weight is 350 g/mol. The monoisotopic (exact) mass is 349 g/mol. The van der Waals surface area contributed by atoms with Crippen LogP contribution in [0.1, 0.15) is 20.3 Å². The fraction of sp³-hybridized carbons (Fsp3) is 0.417. The summed E-state index contributed by atoms with van der Waals surface area (Å²) in [6.07, 6.45) is 0.235. The normalized spacial score (nSPS) is 13.5. The maximum absolute atomic E-state index is 12.1. The van der Waals surface area contributed by atoms with E-state index in [4.69, 9.17) is 5.11 Å². The summed E-state index contributed by atoms with van der Waals surface area (Å²) < 4.78 is 26.9. The van der Waals surface area contributed by atoms with Crippen molar-refractivity contribution >= 4 is 31.9 Å². The first-order valence-electron chi connectivity index (χ1n) is 5.73. The van der Waals surface area contributed by atoms with E-state index in [2.05, 4.69) is 20.7 Å². The van der Waals surface area contributed by atoms with E-state index in [0.717, 1.165) is 0 Å². The van der Waals surface area contributed by atoms with Gasteiger partial charge in [-0.3, -0.25) is 4.79 Å². The first-order chi connectivity index (χ1) is 8.74. The Balaban J connectivity index is 3.01. The number of hydrogen-bond acceptors (Lipinski definition) is 3. The zero-order valence-electron chi connectivity index (χ0n) is 10.6. The maximum atomic E-state index is 12.1. The number of rotatable bonds is 6. The molecule has 0 amide bonds. The first-order valence-corrected chi connectivity index (χ1v) is 8.01. The van der Waals surface area contributed by atoms with Crippen LogP contribution >= 0.6 is 15.9 Å². The molecule has 5 nitrogen and oxygen atoms in total. The second-order valence-electron chi connectivity index (χ2n) is 4.57. The van der Waals surface area contributed by atoms with E-state index in [-0.39, 0.29) is 17.2 Å². The van der Waals surface area contributed by atoms with Crippen LogP contribution in [0.2, 0.25) is 0 Å². The van der Waals surface area contributed by atoms with Crippen LogP contribution in [0.4, 0.5) is 0 Å². The van der Waals surface area contributed by atoms with Crippen LogP contribution in [0.15, 0.2) is 33.6 Å². The molecule has 2 N–H and O–H groups in total. The predicted molar refractivity (Wildman–Crippen MR) is 75.3 cm³/mol. The highest BCUT2D eigenvalue weighted by molar-refractivity contribution is 9.10. The molecule has 1 aromatic carbocycles. The molecule has 0 bridgehead atoms. The molecule has 0 saturated heterocycles.